The van der Waals surface area contributed by atoms with Crippen LogP contribution in [0.3, 0.4) is 0 Å². The summed E-state index contributed by atoms with van der Waals surface area (Å²) in [5, 5.41) is 20.0. The van der Waals surface area contributed by atoms with E-state index in [0.29, 0.717) is 6.54 Å². The lowest BCUT2D eigenvalue weighted by atomic mass is 10.1. The molecule has 1 aliphatic rings. The van der Waals surface area contributed by atoms with E-state index in [-0.39, 0.29) is 18.9 Å². The van der Waals surface area contributed by atoms with Gasteiger partial charge in [0.15, 0.2) is 0 Å². The molecule has 7 heteroatoms. The highest BCUT2D eigenvalue weighted by Crippen LogP contribution is 2.23. The second kappa shape index (κ2) is 7.72. The molecule has 1 rings (SSSR count). The van der Waals surface area contributed by atoms with Gasteiger partial charge in [0.2, 0.25) is 0 Å². The van der Waals surface area contributed by atoms with Gasteiger partial charge in [-0.1, -0.05) is 12.8 Å². The van der Waals surface area contributed by atoms with Gasteiger partial charge in [0.05, 0.1) is 0 Å². The van der Waals surface area contributed by atoms with Crippen LogP contribution in [0.5, 0.6) is 0 Å². The Bertz CT molecular complexity index is 366. The van der Waals surface area contributed by atoms with Gasteiger partial charge < -0.3 is 20.4 Å². The lowest BCUT2D eigenvalue weighted by molar-refractivity contribution is -0.140. The van der Waals surface area contributed by atoms with Crippen LogP contribution in [0, 0.1) is 0 Å². The molecule has 0 unspecified atom stereocenters. The fourth-order valence-electron chi connectivity index (χ4n) is 2.54. The maximum atomic E-state index is 12.1. The zero-order valence-electron chi connectivity index (χ0n) is 11.7. The molecule has 20 heavy (non-hydrogen) atoms. The number of rotatable bonds is 7. The molecule has 0 aromatic rings. The standard InChI is InChI=1S/C13H22N2O5/c1-2-15(9-5-3-4-6-9)13(20)14-10(12(18)19)7-8-11(16)17/h9-10H,2-8H2,1H3,(H,14,20)(H,16,17)(H,18,19)/t10-/m0/s1. The minimum atomic E-state index is -1.21. The van der Waals surface area contributed by atoms with E-state index in [9.17, 15) is 14.4 Å². The number of carboxylic acid groups (broad SMARTS) is 2. The summed E-state index contributed by atoms with van der Waals surface area (Å²) >= 11 is 0. The molecule has 0 radical (unpaired) electrons. The smallest absolute Gasteiger partial charge is 0.326 e. The maximum absolute atomic E-state index is 12.1. The highest BCUT2D eigenvalue weighted by Gasteiger charge is 2.28. The number of urea groups is 1. The summed E-state index contributed by atoms with van der Waals surface area (Å²) < 4.78 is 0. The lowest BCUT2D eigenvalue weighted by Gasteiger charge is -2.29. The predicted molar refractivity (Wildman–Crippen MR) is 71.5 cm³/mol. The molecule has 0 bridgehead atoms. The normalized spacial score (nSPS) is 16.6. The van der Waals surface area contributed by atoms with E-state index in [2.05, 4.69) is 5.32 Å². The Kier molecular flexibility index (Phi) is 6.27. The van der Waals surface area contributed by atoms with Gasteiger partial charge in [0.25, 0.3) is 0 Å². The second-order valence-electron chi connectivity index (χ2n) is 5.00. The molecule has 1 fully saturated rings. The van der Waals surface area contributed by atoms with E-state index >= 15 is 0 Å². The van der Waals surface area contributed by atoms with Gasteiger partial charge in [-0.25, -0.2) is 9.59 Å². The van der Waals surface area contributed by atoms with E-state index in [4.69, 9.17) is 10.2 Å². The highest BCUT2D eigenvalue weighted by molar-refractivity contribution is 5.83. The van der Waals surface area contributed by atoms with Crippen molar-refractivity contribution in [2.75, 3.05) is 6.54 Å². The minimum Gasteiger partial charge on any atom is -0.481 e. The SMILES string of the molecule is CCN(C(=O)N[C@@H](CCC(=O)O)C(=O)O)C1CCCC1. The average Bonchev–Trinajstić information content (AvgIpc) is 2.88. The van der Waals surface area contributed by atoms with Gasteiger partial charge in [-0.15, -0.1) is 0 Å². The molecule has 1 saturated carbocycles. The minimum absolute atomic E-state index is 0.112. The van der Waals surface area contributed by atoms with Crippen molar-refractivity contribution in [1.29, 1.82) is 0 Å². The Morgan fingerprint density at radius 3 is 2.30 bits per heavy atom. The van der Waals surface area contributed by atoms with E-state index in [1.54, 1.807) is 4.90 Å². The number of carbonyl (C=O) groups excluding carboxylic acids is 1. The summed E-state index contributed by atoms with van der Waals surface area (Å²) in [6.07, 6.45) is 3.64. The Labute approximate surface area is 117 Å². The van der Waals surface area contributed by atoms with Gasteiger partial charge in [0.1, 0.15) is 6.04 Å². The number of amides is 2. The summed E-state index contributed by atoms with van der Waals surface area (Å²) in [5.74, 6) is -2.28. The Morgan fingerprint density at radius 2 is 1.85 bits per heavy atom. The van der Waals surface area contributed by atoms with Crippen molar-refractivity contribution in [3.63, 3.8) is 0 Å². The first kappa shape index (κ1) is 16.3. The van der Waals surface area contributed by atoms with Gasteiger partial charge in [-0.3, -0.25) is 4.79 Å². The molecule has 1 atom stereocenters. The molecule has 0 aromatic heterocycles. The van der Waals surface area contributed by atoms with E-state index in [1.807, 2.05) is 6.92 Å². The Balaban J connectivity index is 2.58. The topological polar surface area (TPSA) is 107 Å². The molecule has 114 valence electrons. The first-order valence-electron chi connectivity index (χ1n) is 6.97. The monoisotopic (exact) mass is 286 g/mol. The first-order valence-corrected chi connectivity index (χ1v) is 6.97. The Hall–Kier alpha value is -1.79. The predicted octanol–water partition coefficient (Wildman–Crippen LogP) is 1.28. The number of carbonyl (C=O) groups is 3. The summed E-state index contributed by atoms with van der Waals surface area (Å²) in [5.41, 5.74) is 0. The molecule has 2 amide bonds. The van der Waals surface area contributed by atoms with Crippen molar-refractivity contribution in [2.24, 2.45) is 0 Å². The zero-order valence-corrected chi connectivity index (χ0v) is 11.7. The van der Waals surface area contributed by atoms with Crippen LogP contribution >= 0.6 is 0 Å². The van der Waals surface area contributed by atoms with Crippen molar-refractivity contribution in [3.05, 3.63) is 0 Å². The summed E-state index contributed by atoms with van der Waals surface area (Å²) in [4.78, 5) is 35.3. The third-order valence-electron chi connectivity index (χ3n) is 3.61. The van der Waals surface area contributed by atoms with Gasteiger partial charge in [0, 0.05) is 19.0 Å². The van der Waals surface area contributed by atoms with Crippen LogP contribution in [0.1, 0.15) is 45.4 Å². The van der Waals surface area contributed by atoms with Crippen molar-refractivity contribution in [1.82, 2.24) is 10.2 Å². The maximum Gasteiger partial charge on any atom is 0.326 e. The van der Waals surface area contributed by atoms with Gasteiger partial charge >= 0.3 is 18.0 Å². The molecule has 0 aliphatic heterocycles. The molecule has 0 saturated heterocycles. The van der Waals surface area contributed by atoms with Gasteiger partial charge in [-0.05, 0) is 26.2 Å². The number of nitrogens with one attached hydrogen (secondary N) is 1. The average molecular weight is 286 g/mol. The molecule has 0 aromatic carbocycles. The van der Waals surface area contributed by atoms with E-state index in [0.717, 1.165) is 25.7 Å². The highest BCUT2D eigenvalue weighted by atomic mass is 16.4. The Morgan fingerprint density at radius 1 is 1.25 bits per heavy atom. The van der Waals surface area contributed by atoms with Crippen LogP contribution in [0.2, 0.25) is 0 Å². The number of carboxylic acids is 2. The van der Waals surface area contributed by atoms with E-state index < -0.39 is 24.0 Å². The third kappa shape index (κ3) is 4.71. The largest absolute Gasteiger partial charge is 0.481 e. The fraction of sp³-hybridized carbons (Fsp3) is 0.769. The number of hydrogen-bond acceptors (Lipinski definition) is 3. The third-order valence-corrected chi connectivity index (χ3v) is 3.61. The molecular formula is C13H22N2O5. The number of nitrogens with zero attached hydrogens (tertiary/aromatic N) is 1. The summed E-state index contributed by atoms with van der Waals surface area (Å²) in [6, 6.07) is -1.42. The van der Waals surface area contributed by atoms with Crippen LogP contribution in [0.4, 0.5) is 4.79 Å². The zero-order chi connectivity index (χ0) is 15.1. The van der Waals surface area contributed by atoms with Crippen LogP contribution < -0.4 is 5.32 Å². The second-order valence-corrected chi connectivity index (χ2v) is 5.00. The quantitative estimate of drug-likeness (QED) is 0.653. The van der Waals surface area contributed by atoms with Crippen molar-refractivity contribution < 1.29 is 24.6 Å². The van der Waals surface area contributed by atoms with Gasteiger partial charge in [-0.2, -0.15) is 0 Å². The van der Waals surface area contributed by atoms with Crippen LogP contribution in [0.15, 0.2) is 0 Å². The molecule has 1 aliphatic carbocycles. The van der Waals surface area contributed by atoms with Crippen molar-refractivity contribution in [2.45, 2.75) is 57.5 Å². The lowest BCUT2D eigenvalue weighted by Crippen LogP contribution is -2.50. The van der Waals surface area contributed by atoms with E-state index in [1.165, 1.54) is 0 Å². The van der Waals surface area contributed by atoms with Crippen molar-refractivity contribution >= 4 is 18.0 Å². The van der Waals surface area contributed by atoms with Crippen LogP contribution in [-0.2, 0) is 9.59 Å². The number of hydrogen-bond donors (Lipinski definition) is 3. The molecule has 3 N–H and O–H groups in total. The summed E-state index contributed by atoms with van der Waals surface area (Å²) in [7, 11) is 0. The molecular weight excluding hydrogens is 264 g/mol. The first-order chi connectivity index (χ1) is 9.45. The number of aliphatic carboxylic acids is 2. The van der Waals surface area contributed by atoms with Crippen LogP contribution in [-0.4, -0.2) is 51.7 Å². The van der Waals surface area contributed by atoms with Crippen LogP contribution in [0.25, 0.3) is 0 Å². The molecule has 0 spiro atoms. The fourth-order valence-corrected chi connectivity index (χ4v) is 2.54. The van der Waals surface area contributed by atoms with Crippen molar-refractivity contribution in [3.8, 4) is 0 Å². The summed E-state index contributed by atoms with van der Waals surface area (Å²) in [6.45, 7) is 2.37. The molecule has 0 heterocycles. The molecule has 7 nitrogen and oxygen atoms in total.